The Morgan fingerprint density at radius 3 is 2.43 bits per heavy atom. The molecule has 0 N–H and O–H groups in total. The Hall–Kier alpha value is -1.45. The van der Waals surface area contributed by atoms with Crippen molar-refractivity contribution in [1.82, 2.24) is 4.98 Å². The van der Waals surface area contributed by atoms with Crippen LogP contribution in [-0.2, 0) is 21.3 Å². The number of halogens is 6. The maximum Gasteiger partial charge on any atom is 0.573 e. The van der Waals surface area contributed by atoms with Crippen molar-refractivity contribution in [1.29, 1.82) is 0 Å². The molecule has 0 amide bonds. The second kappa shape index (κ2) is 7.01. The lowest BCUT2D eigenvalue weighted by Crippen LogP contribution is -2.20. The van der Waals surface area contributed by atoms with E-state index in [0.29, 0.717) is 6.20 Å². The van der Waals surface area contributed by atoms with Gasteiger partial charge >= 0.3 is 12.3 Å². The zero-order valence-electron chi connectivity index (χ0n) is 10.5. The summed E-state index contributed by atoms with van der Waals surface area (Å²) in [6, 6.07) is 0. The van der Waals surface area contributed by atoms with Crippen LogP contribution in [0.3, 0.4) is 0 Å². The number of aromatic nitrogens is 1. The van der Waals surface area contributed by atoms with Crippen LogP contribution in [-0.4, -0.2) is 24.4 Å². The van der Waals surface area contributed by atoms with Crippen molar-refractivity contribution >= 4 is 21.9 Å². The molecule has 0 aliphatic carbocycles. The fourth-order valence-electron chi connectivity index (χ4n) is 1.55. The summed E-state index contributed by atoms with van der Waals surface area (Å²) in [4.78, 5) is 14.5. The number of carbonyl (C=O) groups is 1. The van der Waals surface area contributed by atoms with Crippen LogP contribution in [0.1, 0.15) is 23.2 Å². The lowest BCUT2D eigenvalue weighted by atomic mass is 10.0. The molecule has 0 saturated heterocycles. The molecule has 0 aliphatic rings. The predicted molar refractivity (Wildman–Crippen MR) is 64.2 cm³/mol. The molecule has 0 aromatic carbocycles. The average Bonchev–Trinajstić information content (AvgIpc) is 2.38. The molecule has 0 atom stereocenters. The predicted octanol–water partition coefficient (Wildman–Crippen LogP) is 3.53. The van der Waals surface area contributed by atoms with Crippen LogP contribution in [0.2, 0.25) is 0 Å². The first-order valence-electron chi connectivity index (χ1n) is 5.37. The molecule has 4 nitrogen and oxygen atoms in total. The highest BCUT2D eigenvalue weighted by Crippen LogP contribution is 2.34. The molecular weight excluding hydrogens is 369 g/mol. The summed E-state index contributed by atoms with van der Waals surface area (Å²) in [6.07, 6.45) is -8.18. The van der Waals surface area contributed by atoms with Gasteiger partial charge in [0, 0.05) is 10.9 Å². The van der Waals surface area contributed by atoms with E-state index in [9.17, 15) is 26.7 Å². The van der Waals surface area contributed by atoms with Crippen LogP contribution in [0, 0.1) is 0 Å². The number of rotatable bonds is 5. The molecular formula is C11H9BrF5NO3. The quantitative estimate of drug-likeness (QED) is 0.447. The van der Waals surface area contributed by atoms with Gasteiger partial charge in [0.1, 0.15) is 5.69 Å². The summed E-state index contributed by atoms with van der Waals surface area (Å²) in [5, 5.41) is -0.221. The normalized spacial score (nSPS) is 11.6. The topological polar surface area (TPSA) is 48.4 Å². The molecule has 0 fully saturated rings. The maximum absolute atomic E-state index is 12.8. The lowest BCUT2D eigenvalue weighted by Gasteiger charge is -2.17. The van der Waals surface area contributed by atoms with E-state index in [4.69, 9.17) is 0 Å². The summed E-state index contributed by atoms with van der Waals surface area (Å²) < 4.78 is 70.6. The number of pyridine rings is 1. The van der Waals surface area contributed by atoms with E-state index in [1.165, 1.54) is 0 Å². The molecule has 21 heavy (non-hydrogen) atoms. The first-order chi connectivity index (χ1) is 9.69. The SMILES string of the molecule is COC(=O)Cc1c(OC(F)(F)F)cnc(C(F)F)c1CBr. The minimum absolute atomic E-state index is 0.221. The minimum atomic E-state index is -5.04. The summed E-state index contributed by atoms with van der Waals surface area (Å²) in [5.74, 6) is -1.71. The van der Waals surface area contributed by atoms with Gasteiger partial charge in [0.05, 0.1) is 19.7 Å². The largest absolute Gasteiger partial charge is 0.573 e. The fraction of sp³-hybridized carbons (Fsp3) is 0.455. The standard InChI is InChI=1S/C11H9BrF5NO3/c1-20-8(19)2-5-6(3-12)9(10(13)14)18-4-7(5)21-11(15,16)17/h4,10H,2-3H2,1H3. The van der Waals surface area contributed by atoms with E-state index < -0.39 is 36.6 Å². The Labute approximate surface area is 124 Å². The molecule has 0 aliphatic heterocycles. The average molecular weight is 378 g/mol. The maximum atomic E-state index is 12.8. The minimum Gasteiger partial charge on any atom is -0.469 e. The van der Waals surface area contributed by atoms with E-state index in [1.807, 2.05) is 0 Å². The number of alkyl halides is 6. The number of ether oxygens (including phenoxy) is 2. The van der Waals surface area contributed by atoms with E-state index in [-0.39, 0.29) is 16.5 Å². The van der Waals surface area contributed by atoms with E-state index in [0.717, 1.165) is 7.11 Å². The Balaban J connectivity index is 3.39. The van der Waals surface area contributed by atoms with Gasteiger partial charge in [-0.3, -0.25) is 9.78 Å². The highest BCUT2D eigenvalue weighted by molar-refractivity contribution is 9.08. The molecule has 1 aromatic rings. The van der Waals surface area contributed by atoms with Crippen LogP contribution in [0.4, 0.5) is 22.0 Å². The Morgan fingerprint density at radius 2 is 2.00 bits per heavy atom. The van der Waals surface area contributed by atoms with Crippen LogP contribution < -0.4 is 4.74 Å². The van der Waals surface area contributed by atoms with Gasteiger partial charge in [-0.05, 0) is 5.56 Å². The third-order valence-corrected chi connectivity index (χ3v) is 2.97. The molecule has 0 unspecified atom stereocenters. The first kappa shape index (κ1) is 17.6. The summed E-state index contributed by atoms with van der Waals surface area (Å²) in [5.41, 5.74) is -1.31. The number of hydrogen-bond acceptors (Lipinski definition) is 4. The summed E-state index contributed by atoms with van der Waals surface area (Å²) in [6.45, 7) is 0. The Morgan fingerprint density at radius 1 is 1.38 bits per heavy atom. The third kappa shape index (κ3) is 4.80. The first-order valence-corrected chi connectivity index (χ1v) is 6.49. The van der Waals surface area contributed by atoms with Crippen molar-refractivity contribution in [3.8, 4) is 5.75 Å². The molecule has 0 spiro atoms. The number of nitrogens with zero attached hydrogens (tertiary/aromatic N) is 1. The fourth-order valence-corrected chi connectivity index (χ4v) is 2.17. The van der Waals surface area contributed by atoms with Gasteiger partial charge in [0.25, 0.3) is 6.43 Å². The second-order valence-corrected chi connectivity index (χ2v) is 4.26. The molecule has 0 bridgehead atoms. The number of hydrogen-bond donors (Lipinski definition) is 0. The van der Waals surface area contributed by atoms with Crippen molar-refractivity contribution < 1.29 is 36.2 Å². The molecule has 118 valence electrons. The van der Waals surface area contributed by atoms with E-state index in [1.54, 1.807) is 0 Å². The van der Waals surface area contributed by atoms with E-state index in [2.05, 4.69) is 30.4 Å². The molecule has 1 aromatic heterocycles. The third-order valence-electron chi connectivity index (χ3n) is 2.41. The van der Waals surface area contributed by atoms with Gasteiger partial charge in [-0.2, -0.15) is 0 Å². The Kier molecular flexibility index (Phi) is 5.87. The smallest absolute Gasteiger partial charge is 0.469 e. The van der Waals surface area contributed by atoms with Crippen LogP contribution in [0.5, 0.6) is 5.75 Å². The molecule has 1 rings (SSSR count). The van der Waals surface area contributed by atoms with Crippen LogP contribution >= 0.6 is 15.9 Å². The van der Waals surface area contributed by atoms with Crippen molar-refractivity contribution in [2.45, 2.75) is 24.5 Å². The molecule has 0 saturated carbocycles. The van der Waals surface area contributed by atoms with Gasteiger partial charge < -0.3 is 9.47 Å². The molecule has 0 radical (unpaired) electrons. The van der Waals surface area contributed by atoms with Crippen molar-refractivity contribution in [3.63, 3.8) is 0 Å². The number of carbonyl (C=O) groups excluding carboxylic acids is 1. The summed E-state index contributed by atoms with van der Waals surface area (Å²) >= 11 is 2.89. The zero-order valence-corrected chi connectivity index (χ0v) is 12.1. The van der Waals surface area contributed by atoms with Crippen molar-refractivity contribution in [2.24, 2.45) is 0 Å². The van der Waals surface area contributed by atoms with Gasteiger partial charge in [-0.25, -0.2) is 8.78 Å². The second-order valence-electron chi connectivity index (χ2n) is 3.70. The highest BCUT2D eigenvalue weighted by Gasteiger charge is 2.34. The van der Waals surface area contributed by atoms with Crippen molar-refractivity contribution in [2.75, 3.05) is 7.11 Å². The van der Waals surface area contributed by atoms with Crippen LogP contribution in [0.25, 0.3) is 0 Å². The van der Waals surface area contributed by atoms with E-state index >= 15 is 0 Å². The summed E-state index contributed by atoms with van der Waals surface area (Å²) in [7, 11) is 1.02. The van der Waals surface area contributed by atoms with Crippen molar-refractivity contribution in [3.05, 3.63) is 23.0 Å². The molecule has 10 heteroatoms. The van der Waals surface area contributed by atoms with Gasteiger partial charge in [-0.15, -0.1) is 13.2 Å². The van der Waals surface area contributed by atoms with Gasteiger partial charge in [-0.1, -0.05) is 15.9 Å². The highest BCUT2D eigenvalue weighted by atomic mass is 79.9. The van der Waals surface area contributed by atoms with Gasteiger partial charge in [0.15, 0.2) is 5.75 Å². The number of methoxy groups -OCH3 is 1. The lowest BCUT2D eigenvalue weighted by molar-refractivity contribution is -0.275. The van der Waals surface area contributed by atoms with Crippen LogP contribution in [0.15, 0.2) is 6.20 Å². The van der Waals surface area contributed by atoms with Gasteiger partial charge in [0.2, 0.25) is 0 Å². The number of esters is 1. The Bertz CT molecular complexity index is 521. The molecule has 1 heterocycles. The zero-order chi connectivity index (χ0) is 16.2. The monoisotopic (exact) mass is 377 g/mol.